The fourth-order valence-corrected chi connectivity index (χ4v) is 2.68. The van der Waals surface area contributed by atoms with Crippen LogP contribution in [0, 0.1) is 12.8 Å². The first-order valence-corrected chi connectivity index (χ1v) is 8.77. The number of tetrazole rings is 1. The second-order valence-electron chi connectivity index (χ2n) is 6.89. The number of amides is 1. The number of carbonyl (C=O) groups is 2. The molecular weight excluding hydrogens is 334 g/mol. The van der Waals surface area contributed by atoms with Gasteiger partial charge in [-0.15, -0.1) is 5.10 Å². The first kappa shape index (κ1) is 18.0. The molecule has 1 fully saturated rings. The van der Waals surface area contributed by atoms with Gasteiger partial charge >= 0.3 is 5.97 Å². The topological polar surface area (TPSA) is 99.0 Å². The molecule has 1 saturated carbocycles. The lowest BCUT2D eigenvalue weighted by Gasteiger charge is -2.21. The highest BCUT2D eigenvalue weighted by molar-refractivity contribution is 5.98. The van der Waals surface area contributed by atoms with E-state index in [2.05, 4.69) is 20.8 Å². The van der Waals surface area contributed by atoms with E-state index in [-0.39, 0.29) is 18.4 Å². The maximum absolute atomic E-state index is 12.5. The second kappa shape index (κ2) is 7.63. The lowest BCUT2D eigenvalue weighted by Crippen LogP contribution is -2.45. The standard InChI is InChI=1S/C18H23N5O3/c1-11(2)16(19-17(24)14-7-5-4-6-12(14)3)18(25)26-10-15-20-21-22-23(15)13-8-9-13/h4-7,11,13,16H,8-10H2,1-3H3,(H,19,24)/t16-/m0/s1. The number of nitrogens with zero attached hydrogens (tertiary/aromatic N) is 4. The van der Waals surface area contributed by atoms with Gasteiger partial charge in [-0.1, -0.05) is 32.0 Å². The molecule has 1 atom stereocenters. The maximum atomic E-state index is 12.5. The predicted octanol–water partition coefficient (Wildman–Crippen LogP) is 1.81. The van der Waals surface area contributed by atoms with E-state index in [1.807, 2.05) is 32.9 Å². The average molecular weight is 357 g/mol. The highest BCUT2D eigenvalue weighted by atomic mass is 16.5. The molecule has 1 heterocycles. The van der Waals surface area contributed by atoms with Crippen LogP contribution in [-0.2, 0) is 16.1 Å². The van der Waals surface area contributed by atoms with E-state index in [1.54, 1.807) is 16.8 Å². The molecule has 0 bridgehead atoms. The monoisotopic (exact) mass is 357 g/mol. The van der Waals surface area contributed by atoms with Gasteiger partial charge in [0, 0.05) is 5.56 Å². The van der Waals surface area contributed by atoms with Crippen LogP contribution in [-0.4, -0.2) is 38.1 Å². The zero-order valence-corrected chi connectivity index (χ0v) is 15.2. The number of benzene rings is 1. The van der Waals surface area contributed by atoms with Crippen LogP contribution in [0.4, 0.5) is 0 Å². The Morgan fingerprint density at radius 3 is 2.69 bits per heavy atom. The summed E-state index contributed by atoms with van der Waals surface area (Å²) in [5, 5.41) is 14.3. The quantitative estimate of drug-likeness (QED) is 0.759. The SMILES string of the molecule is Cc1ccccc1C(=O)N[C@H](C(=O)OCc1nnnn1C1CC1)C(C)C. The molecule has 1 N–H and O–H groups in total. The summed E-state index contributed by atoms with van der Waals surface area (Å²) in [6, 6.07) is 6.81. The lowest BCUT2D eigenvalue weighted by molar-refractivity contribution is -0.148. The van der Waals surface area contributed by atoms with E-state index in [1.165, 1.54) is 0 Å². The van der Waals surface area contributed by atoms with Gasteiger partial charge in [0.25, 0.3) is 5.91 Å². The molecule has 0 radical (unpaired) electrons. The summed E-state index contributed by atoms with van der Waals surface area (Å²) < 4.78 is 7.08. The molecule has 1 amide bonds. The number of rotatable bonds is 7. The van der Waals surface area contributed by atoms with Crippen molar-refractivity contribution >= 4 is 11.9 Å². The lowest BCUT2D eigenvalue weighted by atomic mass is 10.0. The van der Waals surface area contributed by atoms with Gasteiger partial charge in [0.05, 0.1) is 6.04 Å². The molecule has 2 aromatic rings. The van der Waals surface area contributed by atoms with Crippen molar-refractivity contribution in [3.63, 3.8) is 0 Å². The third kappa shape index (κ3) is 4.07. The Kier molecular flexibility index (Phi) is 5.29. The highest BCUT2D eigenvalue weighted by Gasteiger charge is 2.30. The van der Waals surface area contributed by atoms with Gasteiger partial charge in [0.15, 0.2) is 12.4 Å². The maximum Gasteiger partial charge on any atom is 0.329 e. The first-order valence-electron chi connectivity index (χ1n) is 8.77. The third-order valence-corrected chi connectivity index (χ3v) is 4.39. The van der Waals surface area contributed by atoms with E-state index < -0.39 is 12.0 Å². The van der Waals surface area contributed by atoms with Crippen molar-refractivity contribution in [2.75, 3.05) is 0 Å². The first-order chi connectivity index (χ1) is 12.5. The van der Waals surface area contributed by atoms with Gasteiger partial charge in [-0.3, -0.25) is 4.79 Å². The second-order valence-corrected chi connectivity index (χ2v) is 6.89. The summed E-state index contributed by atoms with van der Waals surface area (Å²) in [7, 11) is 0. The molecule has 0 spiro atoms. The minimum atomic E-state index is -0.743. The van der Waals surface area contributed by atoms with Crippen molar-refractivity contribution in [3.8, 4) is 0 Å². The Labute approximate surface area is 151 Å². The third-order valence-electron chi connectivity index (χ3n) is 4.39. The van der Waals surface area contributed by atoms with Gasteiger partial charge in [-0.25, -0.2) is 9.48 Å². The Balaban J connectivity index is 1.63. The number of hydrogen-bond acceptors (Lipinski definition) is 6. The van der Waals surface area contributed by atoms with Crippen molar-refractivity contribution in [2.24, 2.45) is 5.92 Å². The van der Waals surface area contributed by atoms with Crippen LogP contribution in [0.3, 0.4) is 0 Å². The van der Waals surface area contributed by atoms with Crippen LogP contribution in [0.1, 0.15) is 54.5 Å². The molecule has 1 aliphatic carbocycles. The van der Waals surface area contributed by atoms with Crippen molar-refractivity contribution in [3.05, 3.63) is 41.2 Å². The van der Waals surface area contributed by atoms with Crippen LogP contribution in [0.15, 0.2) is 24.3 Å². The zero-order chi connectivity index (χ0) is 18.7. The normalized spacial score (nSPS) is 14.9. The summed E-state index contributed by atoms with van der Waals surface area (Å²) in [5.41, 5.74) is 1.40. The average Bonchev–Trinajstić information content (AvgIpc) is 3.35. The number of nitrogens with one attached hydrogen (secondary N) is 1. The summed E-state index contributed by atoms with van der Waals surface area (Å²) in [5.74, 6) is -0.377. The van der Waals surface area contributed by atoms with Gasteiger partial charge in [-0.05, 0) is 47.7 Å². The van der Waals surface area contributed by atoms with Crippen LogP contribution < -0.4 is 5.32 Å². The van der Waals surface area contributed by atoms with Crippen LogP contribution in [0.25, 0.3) is 0 Å². The number of hydrogen-bond donors (Lipinski definition) is 1. The number of aromatic nitrogens is 4. The number of aryl methyl sites for hydroxylation is 1. The van der Waals surface area contributed by atoms with Gasteiger partial charge < -0.3 is 10.1 Å². The number of carbonyl (C=O) groups excluding carboxylic acids is 2. The fraction of sp³-hybridized carbons (Fsp3) is 0.500. The van der Waals surface area contributed by atoms with Crippen molar-refractivity contribution in [1.82, 2.24) is 25.5 Å². The van der Waals surface area contributed by atoms with E-state index >= 15 is 0 Å². The van der Waals surface area contributed by atoms with E-state index in [0.29, 0.717) is 17.4 Å². The molecule has 1 aromatic heterocycles. The molecule has 0 saturated heterocycles. The van der Waals surface area contributed by atoms with Gasteiger partial charge in [0.1, 0.15) is 6.04 Å². The Bertz CT molecular complexity index is 798. The molecule has 8 heteroatoms. The molecule has 138 valence electrons. The largest absolute Gasteiger partial charge is 0.456 e. The molecule has 1 aliphatic rings. The van der Waals surface area contributed by atoms with Crippen LogP contribution in [0.5, 0.6) is 0 Å². The van der Waals surface area contributed by atoms with E-state index in [9.17, 15) is 9.59 Å². The Morgan fingerprint density at radius 2 is 2.04 bits per heavy atom. The van der Waals surface area contributed by atoms with Crippen LogP contribution in [0.2, 0.25) is 0 Å². The molecule has 0 aliphatic heterocycles. The molecule has 3 rings (SSSR count). The smallest absolute Gasteiger partial charge is 0.329 e. The summed E-state index contributed by atoms with van der Waals surface area (Å²) in [6.07, 6.45) is 2.07. The number of ether oxygens (including phenoxy) is 1. The fourth-order valence-electron chi connectivity index (χ4n) is 2.68. The highest BCUT2D eigenvalue weighted by Crippen LogP contribution is 2.34. The van der Waals surface area contributed by atoms with Crippen LogP contribution >= 0.6 is 0 Å². The van der Waals surface area contributed by atoms with E-state index in [4.69, 9.17) is 4.74 Å². The summed E-state index contributed by atoms with van der Waals surface area (Å²) in [4.78, 5) is 25.0. The molecule has 26 heavy (non-hydrogen) atoms. The van der Waals surface area contributed by atoms with Gasteiger partial charge in [-0.2, -0.15) is 0 Å². The number of esters is 1. The Morgan fingerprint density at radius 1 is 1.31 bits per heavy atom. The minimum absolute atomic E-state index is 0.00815. The minimum Gasteiger partial charge on any atom is -0.456 e. The van der Waals surface area contributed by atoms with E-state index in [0.717, 1.165) is 18.4 Å². The summed E-state index contributed by atoms with van der Waals surface area (Å²) in [6.45, 7) is 5.57. The van der Waals surface area contributed by atoms with Gasteiger partial charge in [0.2, 0.25) is 0 Å². The molecule has 1 aromatic carbocycles. The van der Waals surface area contributed by atoms with Crippen molar-refractivity contribution < 1.29 is 14.3 Å². The molecule has 8 nitrogen and oxygen atoms in total. The summed E-state index contributed by atoms with van der Waals surface area (Å²) >= 11 is 0. The Hall–Kier alpha value is -2.77. The molecular formula is C18H23N5O3. The predicted molar refractivity (Wildman–Crippen MR) is 93.2 cm³/mol. The molecule has 0 unspecified atom stereocenters. The van der Waals surface area contributed by atoms with Crippen molar-refractivity contribution in [2.45, 2.75) is 52.3 Å². The zero-order valence-electron chi connectivity index (χ0n) is 15.2. The van der Waals surface area contributed by atoms with Crippen molar-refractivity contribution in [1.29, 1.82) is 0 Å².